The molecule has 3 heteroatoms. The minimum atomic E-state index is -0.107. The molecule has 1 aliphatic heterocycles. The normalized spacial score (nSPS) is 26.6. The Hall–Kier alpha value is -0.120. The first-order valence-electron chi connectivity index (χ1n) is 11.0. The molecule has 0 spiro atoms. The van der Waals surface area contributed by atoms with Crippen LogP contribution in [0.2, 0.25) is 0 Å². The molecule has 1 aliphatic rings. The fourth-order valence-corrected chi connectivity index (χ4v) is 3.99. The van der Waals surface area contributed by atoms with Crippen LogP contribution in [-0.4, -0.2) is 43.5 Å². The van der Waals surface area contributed by atoms with Crippen molar-refractivity contribution in [3.63, 3.8) is 0 Å². The number of hydrogen-bond acceptors (Lipinski definition) is 3. The van der Waals surface area contributed by atoms with E-state index in [-0.39, 0.29) is 17.9 Å². The molecule has 0 saturated carbocycles. The Balaban J connectivity index is 2.11. The number of rotatable bonds is 15. The second-order valence-electron chi connectivity index (χ2n) is 8.31. The van der Waals surface area contributed by atoms with Crippen LogP contribution in [0.1, 0.15) is 104 Å². The minimum absolute atomic E-state index is 0.107. The Morgan fingerprint density at radius 1 is 0.880 bits per heavy atom. The summed E-state index contributed by atoms with van der Waals surface area (Å²) in [6.45, 7) is 7.41. The maximum atomic E-state index is 6.37. The van der Waals surface area contributed by atoms with E-state index in [0.717, 1.165) is 19.4 Å². The van der Waals surface area contributed by atoms with Crippen LogP contribution in [0.25, 0.3) is 0 Å². The predicted molar refractivity (Wildman–Crippen MR) is 108 cm³/mol. The van der Waals surface area contributed by atoms with Crippen molar-refractivity contribution in [2.45, 2.75) is 122 Å². The third-order valence-electron chi connectivity index (χ3n) is 5.72. The van der Waals surface area contributed by atoms with Crippen LogP contribution in [0.4, 0.5) is 0 Å². The molecule has 1 saturated heterocycles. The van der Waals surface area contributed by atoms with Gasteiger partial charge in [0.1, 0.15) is 6.23 Å². The number of nitrogens with zero attached hydrogens (tertiary/aromatic N) is 1. The second kappa shape index (κ2) is 13.1. The summed E-state index contributed by atoms with van der Waals surface area (Å²) in [7, 11) is 4.20. The summed E-state index contributed by atoms with van der Waals surface area (Å²) in [5.41, 5.74) is -0.107. The van der Waals surface area contributed by atoms with Crippen LogP contribution in [0.3, 0.4) is 0 Å². The van der Waals surface area contributed by atoms with Crippen molar-refractivity contribution in [2.75, 3.05) is 20.7 Å². The Labute approximate surface area is 157 Å². The van der Waals surface area contributed by atoms with E-state index in [1.54, 1.807) is 0 Å². The van der Waals surface area contributed by atoms with Crippen LogP contribution in [-0.2, 0) is 9.47 Å². The van der Waals surface area contributed by atoms with E-state index < -0.39 is 0 Å². The van der Waals surface area contributed by atoms with Crippen LogP contribution in [0.15, 0.2) is 0 Å². The highest BCUT2D eigenvalue weighted by atomic mass is 16.6. The lowest BCUT2D eigenvalue weighted by Crippen LogP contribution is -2.38. The zero-order valence-electron chi connectivity index (χ0n) is 17.8. The predicted octanol–water partition coefficient (Wildman–Crippen LogP) is 6.16. The molecule has 3 nitrogen and oxygen atoms in total. The molecule has 1 rings (SSSR count). The molecule has 0 aromatic heterocycles. The SMILES string of the molecule is CCCCCCCCCCCCCC1(C)OC(N(C)C)CC1OCC. The van der Waals surface area contributed by atoms with Gasteiger partial charge in [-0.1, -0.05) is 77.6 Å². The van der Waals surface area contributed by atoms with Gasteiger partial charge in [-0.25, -0.2) is 0 Å². The van der Waals surface area contributed by atoms with Crippen LogP contribution in [0.5, 0.6) is 0 Å². The van der Waals surface area contributed by atoms with Crippen molar-refractivity contribution in [3.05, 3.63) is 0 Å². The summed E-state index contributed by atoms with van der Waals surface area (Å²) in [6, 6.07) is 0. The highest BCUT2D eigenvalue weighted by Crippen LogP contribution is 2.37. The smallest absolute Gasteiger partial charge is 0.113 e. The van der Waals surface area contributed by atoms with Gasteiger partial charge in [0.2, 0.25) is 0 Å². The largest absolute Gasteiger partial charge is 0.375 e. The lowest BCUT2D eigenvalue weighted by atomic mass is 9.91. The Morgan fingerprint density at radius 2 is 1.40 bits per heavy atom. The molecule has 3 atom stereocenters. The Kier molecular flexibility index (Phi) is 12.0. The summed E-state index contributed by atoms with van der Waals surface area (Å²) >= 11 is 0. The molecule has 0 radical (unpaired) electrons. The first-order valence-corrected chi connectivity index (χ1v) is 11.0. The summed E-state index contributed by atoms with van der Waals surface area (Å²) in [5, 5.41) is 0. The van der Waals surface area contributed by atoms with Crippen LogP contribution in [0, 0.1) is 0 Å². The first-order chi connectivity index (χ1) is 12.0. The number of hydrogen-bond donors (Lipinski definition) is 0. The molecule has 150 valence electrons. The quantitative estimate of drug-likeness (QED) is 0.328. The van der Waals surface area contributed by atoms with Crippen molar-refractivity contribution in [3.8, 4) is 0 Å². The van der Waals surface area contributed by atoms with Gasteiger partial charge in [0.15, 0.2) is 0 Å². The minimum Gasteiger partial charge on any atom is -0.375 e. The number of ether oxygens (including phenoxy) is 2. The van der Waals surface area contributed by atoms with E-state index in [1.165, 1.54) is 70.6 Å². The van der Waals surface area contributed by atoms with E-state index >= 15 is 0 Å². The average Bonchev–Trinajstić information content (AvgIpc) is 2.90. The van der Waals surface area contributed by atoms with Crippen LogP contribution >= 0.6 is 0 Å². The molecule has 0 amide bonds. The van der Waals surface area contributed by atoms with E-state index in [1.807, 2.05) is 0 Å². The van der Waals surface area contributed by atoms with Gasteiger partial charge in [-0.15, -0.1) is 0 Å². The molecule has 0 aromatic carbocycles. The zero-order valence-corrected chi connectivity index (χ0v) is 17.8. The lowest BCUT2D eigenvalue weighted by molar-refractivity contribution is -0.120. The van der Waals surface area contributed by atoms with Crippen molar-refractivity contribution < 1.29 is 9.47 Å². The molecular weight excluding hydrogens is 310 g/mol. The Bertz CT molecular complexity index is 321. The van der Waals surface area contributed by atoms with Gasteiger partial charge < -0.3 is 9.47 Å². The monoisotopic (exact) mass is 355 g/mol. The van der Waals surface area contributed by atoms with Crippen molar-refractivity contribution in [1.29, 1.82) is 0 Å². The topological polar surface area (TPSA) is 21.7 Å². The molecule has 1 fully saturated rings. The van der Waals surface area contributed by atoms with E-state index in [2.05, 4.69) is 39.8 Å². The van der Waals surface area contributed by atoms with Gasteiger partial charge in [-0.2, -0.15) is 0 Å². The van der Waals surface area contributed by atoms with Crippen molar-refractivity contribution in [2.24, 2.45) is 0 Å². The van der Waals surface area contributed by atoms with Crippen molar-refractivity contribution >= 4 is 0 Å². The summed E-state index contributed by atoms with van der Waals surface area (Å²) in [5.74, 6) is 0. The molecule has 3 unspecified atom stereocenters. The zero-order chi connectivity index (χ0) is 18.5. The van der Waals surface area contributed by atoms with Gasteiger partial charge in [0.25, 0.3) is 0 Å². The molecule has 0 aromatic rings. The van der Waals surface area contributed by atoms with Gasteiger partial charge in [0, 0.05) is 13.0 Å². The molecule has 0 aliphatic carbocycles. The highest BCUT2D eigenvalue weighted by molar-refractivity contribution is 4.93. The third kappa shape index (κ3) is 8.88. The fraction of sp³-hybridized carbons (Fsp3) is 1.00. The molecule has 1 heterocycles. The fourth-order valence-electron chi connectivity index (χ4n) is 3.99. The molecule has 0 bridgehead atoms. The van der Waals surface area contributed by atoms with Gasteiger partial charge >= 0.3 is 0 Å². The maximum Gasteiger partial charge on any atom is 0.113 e. The Morgan fingerprint density at radius 3 is 1.88 bits per heavy atom. The van der Waals surface area contributed by atoms with Gasteiger partial charge in [0.05, 0.1) is 11.7 Å². The van der Waals surface area contributed by atoms with Crippen molar-refractivity contribution in [1.82, 2.24) is 4.90 Å². The standard InChI is InChI=1S/C22H45NO2/c1-6-8-9-10-11-12-13-14-15-16-17-18-22(3)20(24-7-2)19-21(25-22)23(4)5/h20-21H,6-19H2,1-5H3. The summed E-state index contributed by atoms with van der Waals surface area (Å²) < 4.78 is 12.4. The summed E-state index contributed by atoms with van der Waals surface area (Å²) in [6.07, 6.45) is 17.9. The van der Waals surface area contributed by atoms with E-state index in [0.29, 0.717) is 0 Å². The highest BCUT2D eigenvalue weighted by Gasteiger charge is 2.45. The average molecular weight is 356 g/mol. The van der Waals surface area contributed by atoms with Gasteiger partial charge in [-0.05, 0) is 34.4 Å². The summed E-state index contributed by atoms with van der Waals surface area (Å²) in [4.78, 5) is 2.18. The van der Waals surface area contributed by atoms with Crippen LogP contribution < -0.4 is 0 Å². The molecular formula is C22H45NO2. The molecule has 0 N–H and O–H groups in total. The second-order valence-corrected chi connectivity index (χ2v) is 8.31. The molecule has 25 heavy (non-hydrogen) atoms. The number of unbranched alkanes of at least 4 members (excludes halogenated alkanes) is 10. The lowest BCUT2D eigenvalue weighted by Gasteiger charge is -2.31. The first kappa shape index (κ1) is 22.9. The van der Waals surface area contributed by atoms with Gasteiger partial charge in [-0.3, -0.25) is 4.90 Å². The third-order valence-corrected chi connectivity index (χ3v) is 5.72. The van der Waals surface area contributed by atoms with E-state index in [9.17, 15) is 0 Å². The maximum absolute atomic E-state index is 6.37. The van der Waals surface area contributed by atoms with E-state index in [4.69, 9.17) is 9.47 Å².